The maximum Gasteiger partial charge on any atom is 0.100 e. The summed E-state index contributed by atoms with van der Waals surface area (Å²) in [4.78, 5) is 0. The largest absolute Gasteiger partial charge is 0.385 e. The highest BCUT2D eigenvalue weighted by Gasteiger charge is 2.32. The van der Waals surface area contributed by atoms with E-state index in [1.165, 1.54) is 0 Å². The highest BCUT2D eigenvalue weighted by molar-refractivity contribution is 5.22. The van der Waals surface area contributed by atoms with Gasteiger partial charge in [0, 0.05) is 12.8 Å². The lowest BCUT2D eigenvalue weighted by molar-refractivity contribution is -0.669. The minimum Gasteiger partial charge on any atom is -0.385 e. The van der Waals surface area contributed by atoms with E-state index in [1.54, 1.807) is 0 Å². The number of quaternary nitrogens is 1. The monoisotopic (exact) mass is 178 g/mol. The third-order valence-electron chi connectivity index (χ3n) is 2.84. The van der Waals surface area contributed by atoms with Crippen LogP contribution in [-0.4, -0.2) is 18.2 Å². The lowest BCUT2D eigenvalue weighted by Gasteiger charge is -2.30. The fourth-order valence-corrected chi connectivity index (χ4v) is 1.99. The molecule has 0 radical (unpaired) electrons. The Bertz CT molecular complexity index is 265. The number of hydrogen-bond acceptors (Lipinski definition) is 1. The van der Waals surface area contributed by atoms with E-state index in [2.05, 4.69) is 5.32 Å². The third kappa shape index (κ3) is 1.74. The average Bonchev–Trinajstić information content (AvgIpc) is 2.20. The standard InChI is InChI=1S/C11H15NO/c13-11(6-8-12-9-7-11)10-4-2-1-3-5-10/h1-5,12-13H,6-9H2/p+1. The van der Waals surface area contributed by atoms with Gasteiger partial charge in [0.05, 0.1) is 13.1 Å². The Kier molecular flexibility index (Phi) is 2.34. The van der Waals surface area contributed by atoms with Crippen LogP contribution in [0.1, 0.15) is 18.4 Å². The molecule has 3 N–H and O–H groups in total. The van der Waals surface area contributed by atoms with E-state index in [1.807, 2.05) is 30.3 Å². The van der Waals surface area contributed by atoms with Crippen LogP contribution in [0.3, 0.4) is 0 Å². The van der Waals surface area contributed by atoms with Crippen LogP contribution >= 0.6 is 0 Å². The average molecular weight is 178 g/mol. The molecule has 13 heavy (non-hydrogen) atoms. The van der Waals surface area contributed by atoms with Gasteiger partial charge in [-0.15, -0.1) is 0 Å². The minimum atomic E-state index is -0.560. The molecule has 70 valence electrons. The van der Waals surface area contributed by atoms with Gasteiger partial charge in [0.25, 0.3) is 0 Å². The first-order valence-electron chi connectivity index (χ1n) is 4.91. The van der Waals surface area contributed by atoms with Crippen molar-refractivity contribution in [3.63, 3.8) is 0 Å². The molecule has 1 fully saturated rings. The fourth-order valence-electron chi connectivity index (χ4n) is 1.99. The van der Waals surface area contributed by atoms with Gasteiger partial charge in [-0.05, 0) is 5.56 Å². The first-order valence-corrected chi connectivity index (χ1v) is 4.91. The van der Waals surface area contributed by atoms with E-state index in [4.69, 9.17) is 0 Å². The normalized spacial score (nSPS) is 21.3. The minimum absolute atomic E-state index is 0.560. The van der Waals surface area contributed by atoms with Crippen molar-refractivity contribution in [2.75, 3.05) is 13.1 Å². The van der Waals surface area contributed by atoms with Gasteiger partial charge in [-0.3, -0.25) is 0 Å². The van der Waals surface area contributed by atoms with Crippen LogP contribution in [0, 0.1) is 0 Å². The Morgan fingerprint density at radius 1 is 1.08 bits per heavy atom. The van der Waals surface area contributed by atoms with Gasteiger partial charge in [0.1, 0.15) is 5.60 Å². The van der Waals surface area contributed by atoms with Gasteiger partial charge in [-0.2, -0.15) is 0 Å². The van der Waals surface area contributed by atoms with E-state index in [9.17, 15) is 5.11 Å². The van der Waals surface area contributed by atoms with Crippen LogP contribution in [0.15, 0.2) is 30.3 Å². The lowest BCUT2D eigenvalue weighted by atomic mass is 9.85. The number of aliphatic hydroxyl groups is 1. The maximum absolute atomic E-state index is 10.3. The molecule has 1 aromatic rings. The van der Waals surface area contributed by atoms with Crippen LogP contribution in [0.25, 0.3) is 0 Å². The summed E-state index contributed by atoms with van der Waals surface area (Å²) in [6.07, 6.45) is 1.74. The molecule has 1 aliphatic rings. The van der Waals surface area contributed by atoms with Crippen LogP contribution < -0.4 is 5.32 Å². The molecule has 1 heterocycles. The van der Waals surface area contributed by atoms with E-state index in [-0.39, 0.29) is 0 Å². The molecular formula is C11H16NO+. The van der Waals surface area contributed by atoms with Crippen molar-refractivity contribution in [2.45, 2.75) is 18.4 Å². The molecule has 1 aromatic carbocycles. The molecule has 2 nitrogen and oxygen atoms in total. The summed E-state index contributed by atoms with van der Waals surface area (Å²) in [5.74, 6) is 0. The molecule has 2 heteroatoms. The van der Waals surface area contributed by atoms with Crippen molar-refractivity contribution >= 4 is 0 Å². The highest BCUT2D eigenvalue weighted by Crippen LogP contribution is 2.28. The van der Waals surface area contributed by atoms with Crippen LogP contribution in [0.4, 0.5) is 0 Å². The zero-order chi connectivity index (χ0) is 9.15. The first kappa shape index (κ1) is 8.73. The third-order valence-corrected chi connectivity index (χ3v) is 2.84. The molecule has 1 aliphatic heterocycles. The number of rotatable bonds is 1. The zero-order valence-electron chi connectivity index (χ0n) is 7.74. The quantitative estimate of drug-likeness (QED) is 0.634. The van der Waals surface area contributed by atoms with Crippen molar-refractivity contribution < 1.29 is 10.4 Å². The second kappa shape index (κ2) is 3.48. The topological polar surface area (TPSA) is 36.8 Å². The molecule has 0 amide bonds. The van der Waals surface area contributed by atoms with Crippen molar-refractivity contribution in [2.24, 2.45) is 0 Å². The smallest absolute Gasteiger partial charge is 0.100 e. The van der Waals surface area contributed by atoms with Gasteiger partial charge < -0.3 is 10.4 Å². The summed E-state index contributed by atoms with van der Waals surface area (Å²) in [7, 11) is 0. The second-order valence-corrected chi connectivity index (χ2v) is 3.76. The lowest BCUT2D eigenvalue weighted by Crippen LogP contribution is -2.87. The zero-order valence-corrected chi connectivity index (χ0v) is 7.74. The van der Waals surface area contributed by atoms with E-state index in [0.29, 0.717) is 0 Å². The molecular weight excluding hydrogens is 162 g/mol. The Morgan fingerprint density at radius 3 is 2.31 bits per heavy atom. The molecule has 0 aromatic heterocycles. The van der Waals surface area contributed by atoms with Crippen molar-refractivity contribution in [3.05, 3.63) is 35.9 Å². The van der Waals surface area contributed by atoms with Gasteiger partial charge in [0.15, 0.2) is 0 Å². The number of piperidine rings is 1. The van der Waals surface area contributed by atoms with Crippen LogP contribution in [0.5, 0.6) is 0 Å². The first-order chi connectivity index (χ1) is 6.31. The Hall–Kier alpha value is -0.860. The van der Waals surface area contributed by atoms with Crippen LogP contribution in [0.2, 0.25) is 0 Å². The number of hydrogen-bond donors (Lipinski definition) is 2. The molecule has 1 saturated heterocycles. The summed E-state index contributed by atoms with van der Waals surface area (Å²) >= 11 is 0. The molecule has 0 aliphatic carbocycles. The highest BCUT2D eigenvalue weighted by atomic mass is 16.3. The molecule has 0 unspecified atom stereocenters. The Balaban J connectivity index is 2.23. The van der Waals surface area contributed by atoms with E-state index >= 15 is 0 Å². The van der Waals surface area contributed by atoms with Gasteiger partial charge in [0.2, 0.25) is 0 Å². The second-order valence-electron chi connectivity index (χ2n) is 3.76. The summed E-state index contributed by atoms with van der Waals surface area (Å²) in [6, 6.07) is 10.0. The predicted octanol–water partition coefficient (Wildman–Crippen LogP) is 0.231. The van der Waals surface area contributed by atoms with Crippen molar-refractivity contribution in [3.8, 4) is 0 Å². The number of nitrogens with two attached hydrogens (primary N) is 1. The predicted molar refractivity (Wildman–Crippen MR) is 51.2 cm³/mol. The summed E-state index contributed by atoms with van der Waals surface area (Å²) in [6.45, 7) is 2.07. The molecule has 0 spiro atoms. The summed E-state index contributed by atoms with van der Waals surface area (Å²) in [5, 5.41) is 12.6. The van der Waals surface area contributed by atoms with Crippen molar-refractivity contribution in [1.82, 2.24) is 0 Å². The summed E-state index contributed by atoms with van der Waals surface area (Å²) in [5.41, 5.74) is 0.513. The van der Waals surface area contributed by atoms with Gasteiger partial charge >= 0.3 is 0 Å². The number of benzene rings is 1. The fraction of sp³-hybridized carbons (Fsp3) is 0.455. The molecule has 2 rings (SSSR count). The van der Waals surface area contributed by atoms with E-state index in [0.717, 1.165) is 31.5 Å². The van der Waals surface area contributed by atoms with Gasteiger partial charge in [-0.25, -0.2) is 0 Å². The SMILES string of the molecule is OC1(c2ccccc2)CC[NH2+]CC1. The van der Waals surface area contributed by atoms with Crippen LogP contribution in [-0.2, 0) is 5.60 Å². The molecule has 0 bridgehead atoms. The Morgan fingerprint density at radius 2 is 1.69 bits per heavy atom. The molecule has 0 saturated carbocycles. The molecule has 0 atom stereocenters. The van der Waals surface area contributed by atoms with Gasteiger partial charge in [-0.1, -0.05) is 30.3 Å². The summed E-state index contributed by atoms with van der Waals surface area (Å²) < 4.78 is 0. The maximum atomic E-state index is 10.3. The van der Waals surface area contributed by atoms with Crippen molar-refractivity contribution in [1.29, 1.82) is 0 Å². The van der Waals surface area contributed by atoms with E-state index < -0.39 is 5.60 Å². The Labute approximate surface area is 78.6 Å².